The number of benzene rings is 2. The van der Waals surface area contributed by atoms with Gasteiger partial charge in [0, 0.05) is 23.9 Å². The fourth-order valence-corrected chi connectivity index (χ4v) is 5.40. The van der Waals surface area contributed by atoms with Crippen molar-refractivity contribution in [1.29, 1.82) is 0 Å². The summed E-state index contributed by atoms with van der Waals surface area (Å²) in [6.45, 7) is 2.23. The number of anilines is 2. The van der Waals surface area contributed by atoms with Gasteiger partial charge in [-0.25, -0.2) is 9.91 Å². The van der Waals surface area contributed by atoms with E-state index in [9.17, 15) is 19.7 Å². The van der Waals surface area contributed by atoms with E-state index in [1.54, 1.807) is 24.3 Å². The van der Waals surface area contributed by atoms with Gasteiger partial charge in [-0.05, 0) is 30.7 Å². The number of unbranched alkanes of at least 4 members (excludes halogenated alkanes) is 8. The van der Waals surface area contributed by atoms with Gasteiger partial charge in [0.15, 0.2) is 0 Å². The van der Waals surface area contributed by atoms with E-state index in [1.165, 1.54) is 62.0 Å². The number of nitrogens with one attached hydrogen (secondary N) is 1. The maximum Gasteiger partial charge on any atom is 0.269 e. The first kappa shape index (κ1) is 27.5. The standard InChI is InChI=1S/C30H38N4O4/c1-2-3-4-5-6-7-8-9-11-16-25-21-22-27-28(30(36)32(29(27)35)24-14-12-10-13-15-24)33(25)31-23-17-19-26(20-18-23)34(37)38/h10,12-15,17-22,25,27-28,31H,2-9,11,16H2,1H3/t25-,27?,28?/m0/s1. The van der Waals surface area contributed by atoms with E-state index in [1.807, 2.05) is 35.4 Å². The zero-order valence-corrected chi connectivity index (χ0v) is 22.1. The fraction of sp³-hybridized carbons (Fsp3) is 0.467. The lowest BCUT2D eigenvalue weighted by Crippen LogP contribution is -2.54. The van der Waals surface area contributed by atoms with Crippen molar-refractivity contribution in [3.8, 4) is 0 Å². The normalized spacial score (nSPS) is 21.1. The van der Waals surface area contributed by atoms with Gasteiger partial charge in [-0.3, -0.25) is 19.7 Å². The summed E-state index contributed by atoms with van der Waals surface area (Å²) >= 11 is 0. The minimum atomic E-state index is -0.688. The third-order valence-corrected chi connectivity index (χ3v) is 7.47. The molecule has 0 aliphatic carbocycles. The summed E-state index contributed by atoms with van der Waals surface area (Å²) in [5.74, 6) is -1.09. The number of hydrazine groups is 1. The topological polar surface area (TPSA) is 95.8 Å². The molecule has 8 nitrogen and oxygen atoms in total. The quantitative estimate of drug-likeness (QED) is 0.0990. The molecule has 2 aliphatic heterocycles. The smallest absolute Gasteiger partial charge is 0.269 e. The highest BCUT2D eigenvalue weighted by molar-refractivity contribution is 6.24. The predicted molar refractivity (Wildman–Crippen MR) is 150 cm³/mol. The molecule has 38 heavy (non-hydrogen) atoms. The molecule has 3 atom stereocenters. The number of rotatable bonds is 14. The Morgan fingerprint density at radius 1 is 0.816 bits per heavy atom. The molecule has 1 N–H and O–H groups in total. The second kappa shape index (κ2) is 13.3. The number of nitro groups is 1. The van der Waals surface area contributed by atoms with Crippen LogP contribution in [0.2, 0.25) is 0 Å². The number of hydrogen-bond acceptors (Lipinski definition) is 6. The van der Waals surface area contributed by atoms with Gasteiger partial charge in [-0.15, -0.1) is 0 Å². The minimum Gasteiger partial charge on any atom is -0.318 e. The van der Waals surface area contributed by atoms with E-state index < -0.39 is 16.9 Å². The van der Waals surface area contributed by atoms with Crippen LogP contribution in [0.3, 0.4) is 0 Å². The Kier molecular flexibility index (Phi) is 9.65. The van der Waals surface area contributed by atoms with Crippen molar-refractivity contribution in [2.24, 2.45) is 5.92 Å². The van der Waals surface area contributed by atoms with E-state index >= 15 is 0 Å². The lowest BCUT2D eigenvalue weighted by Gasteiger charge is -2.38. The lowest BCUT2D eigenvalue weighted by atomic mass is 9.92. The van der Waals surface area contributed by atoms with E-state index in [0.717, 1.165) is 19.3 Å². The van der Waals surface area contributed by atoms with Crippen LogP contribution in [0.4, 0.5) is 17.1 Å². The molecule has 0 saturated carbocycles. The number of carbonyl (C=O) groups is 2. The number of amides is 2. The summed E-state index contributed by atoms with van der Waals surface area (Å²) in [6, 6.07) is 14.4. The number of non-ortho nitro benzene ring substituents is 1. The van der Waals surface area contributed by atoms with Crippen molar-refractivity contribution >= 4 is 28.9 Å². The zero-order chi connectivity index (χ0) is 26.9. The molecule has 0 aromatic heterocycles. The molecule has 1 saturated heterocycles. The molecule has 0 spiro atoms. The molecule has 8 heteroatoms. The Bertz CT molecular complexity index is 1120. The highest BCUT2D eigenvalue weighted by atomic mass is 16.6. The summed E-state index contributed by atoms with van der Waals surface area (Å²) in [5, 5.41) is 13.0. The van der Waals surface area contributed by atoms with E-state index in [-0.39, 0.29) is 23.5 Å². The SMILES string of the molecule is CCCCCCCCCCC[C@H]1C=CC2C(=O)N(c3ccccc3)C(=O)C2N1Nc1ccc([N+](=O)[O-])cc1. The number of para-hydroxylation sites is 1. The van der Waals surface area contributed by atoms with Crippen molar-refractivity contribution in [2.75, 3.05) is 10.3 Å². The highest BCUT2D eigenvalue weighted by Crippen LogP contribution is 2.36. The third-order valence-electron chi connectivity index (χ3n) is 7.47. The number of nitrogens with zero attached hydrogens (tertiary/aromatic N) is 3. The molecule has 0 bridgehead atoms. The summed E-state index contributed by atoms with van der Waals surface area (Å²) in [6.07, 6.45) is 15.9. The predicted octanol–water partition coefficient (Wildman–Crippen LogP) is 6.64. The minimum absolute atomic E-state index is 0.000541. The molecule has 2 unspecified atom stereocenters. The summed E-state index contributed by atoms with van der Waals surface area (Å²) < 4.78 is 0. The molecular weight excluding hydrogens is 480 g/mol. The third kappa shape index (κ3) is 6.48. The number of imide groups is 1. The van der Waals surface area contributed by atoms with Crippen LogP contribution in [0, 0.1) is 16.0 Å². The van der Waals surface area contributed by atoms with Gasteiger partial charge in [0.05, 0.1) is 16.5 Å². The van der Waals surface area contributed by atoms with E-state index in [0.29, 0.717) is 11.4 Å². The number of carbonyl (C=O) groups excluding carboxylic acids is 2. The molecular formula is C30H38N4O4. The van der Waals surface area contributed by atoms with Gasteiger partial charge in [-0.1, -0.05) is 95.1 Å². The first-order chi connectivity index (χ1) is 18.5. The van der Waals surface area contributed by atoms with Crippen LogP contribution in [0.5, 0.6) is 0 Å². The van der Waals surface area contributed by atoms with Crippen LogP contribution in [0.1, 0.15) is 71.1 Å². The maximum absolute atomic E-state index is 13.7. The molecule has 202 valence electrons. The van der Waals surface area contributed by atoms with Gasteiger partial charge in [-0.2, -0.15) is 0 Å². The summed E-state index contributed by atoms with van der Waals surface area (Å²) in [7, 11) is 0. The number of hydrogen-bond donors (Lipinski definition) is 1. The van der Waals surface area contributed by atoms with Crippen molar-refractivity contribution in [3.05, 3.63) is 76.9 Å². The average Bonchev–Trinajstić information content (AvgIpc) is 3.19. The fourth-order valence-electron chi connectivity index (χ4n) is 5.40. The maximum atomic E-state index is 13.7. The molecule has 2 aromatic carbocycles. The Labute approximate surface area is 224 Å². The molecule has 0 radical (unpaired) electrons. The molecule has 4 rings (SSSR count). The van der Waals surface area contributed by atoms with Crippen LogP contribution >= 0.6 is 0 Å². The summed E-state index contributed by atoms with van der Waals surface area (Å²) in [4.78, 5) is 38.9. The Morgan fingerprint density at radius 3 is 2.08 bits per heavy atom. The van der Waals surface area contributed by atoms with Crippen molar-refractivity contribution in [3.63, 3.8) is 0 Å². The first-order valence-corrected chi connectivity index (χ1v) is 13.9. The molecule has 2 aromatic rings. The van der Waals surface area contributed by atoms with Gasteiger partial charge in [0.2, 0.25) is 5.91 Å². The average molecular weight is 519 g/mol. The highest BCUT2D eigenvalue weighted by Gasteiger charge is 2.53. The number of nitro benzene ring substituents is 1. The zero-order valence-electron chi connectivity index (χ0n) is 22.1. The van der Waals surface area contributed by atoms with Gasteiger partial charge < -0.3 is 5.43 Å². The van der Waals surface area contributed by atoms with Gasteiger partial charge >= 0.3 is 0 Å². The van der Waals surface area contributed by atoms with Gasteiger partial charge in [0.25, 0.3) is 11.6 Å². The van der Waals surface area contributed by atoms with E-state index in [4.69, 9.17) is 0 Å². The van der Waals surface area contributed by atoms with Crippen molar-refractivity contribution in [1.82, 2.24) is 5.01 Å². The van der Waals surface area contributed by atoms with Crippen LogP contribution < -0.4 is 10.3 Å². The first-order valence-electron chi connectivity index (χ1n) is 13.9. The van der Waals surface area contributed by atoms with Crippen LogP contribution in [-0.4, -0.2) is 33.8 Å². The Morgan fingerprint density at radius 2 is 1.45 bits per heavy atom. The van der Waals surface area contributed by atoms with Crippen LogP contribution in [0.25, 0.3) is 0 Å². The molecule has 2 aliphatic rings. The van der Waals surface area contributed by atoms with Crippen molar-refractivity contribution < 1.29 is 14.5 Å². The second-order valence-corrected chi connectivity index (χ2v) is 10.2. The molecule has 1 fully saturated rings. The van der Waals surface area contributed by atoms with E-state index in [2.05, 4.69) is 12.3 Å². The van der Waals surface area contributed by atoms with Crippen LogP contribution in [-0.2, 0) is 9.59 Å². The Balaban J connectivity index is 1.46. The Hall–Kier alpha value is -3.52. The second-order valence-electron chi connectivity index (χ2n) is 10.2. The number of fused-ring (bicyclic) bond motifs is 1. The van der Waals surface area contributed by atoms with Crippen LogP contribution in [0.15, 0.2) is 66.7 Å². The summed E-state index contributed by atoms with van der Waals surface area (Å²) in [5.41, 5.74) is 4.54. The molecule has 2 amide bonds. The lowest BCUT2D eigenvalue weighted by molar-refractivity contribution is -0.384. The van der Waals surface area contributed by atoms with Gasteiger partial charge in [0.1, 0.15) is 6.04 Å². The molecule has 2 heterocycles. The largest absolute Gasteiger partial charge is 0.318 e. The van der Waals surface area contributed by atoms with Crippen molar-refractivity contribution in [2.45, 2.75) is 83.2 Å². The monoisotopic (exact) mass is 518 g/mol.